The highest BCUT2D eigenvalue weighted by Gasteiger charge is 2.62. The van der Waals surface area contributed by atoms with Crippen LogP contribution in [0.25, 0.3) is 0 Å². The van der Waals surface area contributed by atoms with Crippen LogP contribution < -0.4 is 0 Å². The second-order valence-electron chi connectivity index (χ2n) is 11.8. The highest BCUT2D eigenvalue weighted by molar-refractivity contribution is 6.74. The van der Waals surface area contributed by atoms with Gasteiger partial charge >= 0.3 is 0 Å². The molecule has 7 heteroatoms. The summed E-state index contributed by atoms with van der Waals surface area (Å²) in [7, 11) is -3.99. The molecule has 178 valence electrons. The Balaban J connectivity index is 1.93. The molecule has 1 heterocycles. The maximum atomic E-state index is 12.8. The number of carbonyl (C=O) groups is 1. The lowest BCUT2D eigenvalue weighted by Gasteiger charge is -2.58. The Kier molecular flexibility index (Phi) is 7.00. The van der Waals surface area contributed by atoms with Crippen molar-refractivity contribution >= 4 is 22.5 Å². The second-order valence-corrected chi connectivity index (χ2v) is 21.0. The number of carbonyl (C=O) groups excluding carboxylic acids is 1. The molecule has 5 nitrogen and oxygen atoms in total. The van der Waals surface area contributed by atoms with Crippen LogP contribution in [-0.4, -0.2) is 45.4 Å². The van der Waals surface area contributed by atoms with Crippen LogP contribution >= 0.6 is 0 Å². The first kappa shape index (κ1) is 25.4. The molecule has 1 aliphatic heterocycles. The fraction of sp³-hybridized carbons (Fsp3) is 0.640. The monoisotopic (exact) mass is 475 g/mol. The molecule has 1 amide bonds. The minimum atomic E-state index is -2.06. The van der Waals surface area contributed by atoms with E-state index < -0.39 is 22.2 Å². The first-order valence-corrected chi connectivity index (χ1v) is 18.0. The number of hydroxylamine groups is 2. The number of hydrogen-bond donors (Lipinski definition) is 0. The van der Waals surface area contributed by atoms with E-state index in [0.29, 0.717) is 13.0 Å². The lowest BCUT2D eigenvalue weighted by atomic mass is 9.72. The number of hydrogen-bond acceptors (Lipinski definition) is 4. The molecule has 0 saturated carbocycles. The average Bonchev–Trinajstić information content (AvgIpc) is 2.65. The van der Waals surface area contributed by atoms with Gasteiger partial charge in [-0.05, 0) is 43.3 Å². The van der Waals surface area contributed by atoms with Crippen molar-refractivity contribution in [1.29, 1.82) is 0 Å². The van der Waals surface area contributed by atoms with Crippen molar-refractivity contribution in [3.05, 3.63) is 48.0 Å². The fourth-order valence-corrected chi connectivity index (χ4v) is 6.57. The molecule has 1 fully saturated rings. The molecule has 0 bridgehead atoms. The van der Waals surface area contributed by atoms with Gasteiger partial charge in [-0.2, -0.15) is 0 Å². The number of β-lactam (4-membered cyclic amide) rings is 1. The highest BCUT2D eigenvalue weighted by Crippen LogP contribution is 2.48. The standard InChI is InChI=1S/C25H41NO4Si2/c1-19-15-16-25(17-21(27)26(25)28-18-20-13-11-10-12-14-20)23(30-31(5,6)7)22(19)29-32(8,9)24(2,3)4/h10-16,19,22-23H,17-18H2,1-9H3/t19?,22-,23+,25-/m0/s1. The van der Waals surface area contributed by atoms with Gasteiger partial charge in [-0.3, -0.25) is 9.63 Å². The van der Waals surface area contributed by atoms with E-state index in [1.807, 2.05) is 30.3 Å². The van der Waals surface area contributed by atoms with E-state index in [9.17, 15) is 4.79 Å². The van der Waals surface area contributed by atoms with Crippen LogP contribution in [0, 0.1) is 5.92 Å². The Hall–Kier alpha value is -1.26. The lowest BCUT2D eigenvalue weighted by Crippen LogP contribution is -2.74. The lowest BCUT2D eigenvalue weighted by molar-refractivity contribution is -0.275. The summed E-state index contributed by atoms with van der Waals surface area (Å²) in [5, 5.41) is 1.65. The molecular weight excluding hydrogens is 434 g/mol. The molecule has 1 aliphatic carbocycles. The van der Waals surface area contributed by atoms with Crippen LogP contribution in [0.1, 0.15) is 39.7 Å². The summed E-state index contributed by atoms with van der Waals surface area (Å²) in [5.41, 5.74) is 0.415. The molecule has 0 radical (unpaired) electrons. The summed E-state index contributed by atoms with van der Waals surface area (Å²) in [6.45, 7) is 20.5. The Morgan fingerprint density at radius 2 is 1.69 bits per heavy atom. The molecule has 1 saturated heterocycles. The first-order valence-electron chi connectivity index (χ1n) is 11.7. The van der Waals surface area contributed by atoms with Crippen LogP contribution in [0.2, 0.25) is 37.8 Å². The number of rotatable bonds is 7. The Labute approximate surface area is 196 Å². The summed E-state index contributed by atoms with van der Waals surface area (Å²) >= 11 is 0. The predicted molar refractivity (Wildman–Crippen MR) is 134 cm³/mol. The summed E-state index contributed by atoms with van der Waals surface area (Å²) in [5.74, 6) is 0.193. The van der Waals surface area contributed by atoms with Crippen molar-refractivity contribution in [1.82, 2.24) is 5.06 Å². The zero-order valence-electron chi connectivity index (χ0n) is 21.3. The van der Waals surface area contributed by atoms with Gasteiger partial charge < -0.3 is 8.85 Å². The number of amides is 1. The van der Waals surface area contributed by atoms with E-state index in [1.54, 1.807) is 5.06 Å². The molecular formula is C25H41NO4Si2. The van der Waals surface area contributed by atoms with Crippen molar-refractivity contribution < 1.29 is 18.5 Å². The summed E-state index contributed by atoms with van der Waals surface area (Å²) in [6, 6.07) is 9.96. The smallest absolute Gasteiger partial charge is 0.249 e. The Morgan fingerprint density at radius 1 is 1.06 bits per heavy atom. The second kappa shape index (κ2) is 8.83. The van der Waals surface area contributed by atoms with Crippen molar-refractivity contribution in [3.63, 3.8) is 0 Å². The van der Waals surface area contributed by atoms with E-state index in [1.165, 1.54) is 0 Å². The summed E-state index contributed by atoms with van der Waals surface area (Å²) in [4.78, 5) is 18.9. The van der Waals surface area contributed by atoms with E-state index in [-0.39, 0.29) is 29.1 Å². The van der Waals surface area contributed by atoms with Gasteiger partial charge in [0, 0.05) is 5.92 Å². The SMILES string of the molecule is CC1C=C[C@]2(CC(=O)N2OCc2ccccc2)[C@H](O[Si](C)(C)C)[C@H]1O[Si](C)(C)C(C)(C)C. The summed E-state index contributed by atoms with van der Waals surface area (Å²) in [6.07, 6.45) is 4.34. The highest BCUT2D eigenvalue weighted by atomic mass is 28.4. The zero-order chi connectivity index (χ0) is 23.9. The van der Waals surface area contributed by atoms with E-state index in [4.69, 9.17) is 13.7 Å². The quantitative estimate of drug-likeness (QED) is 0.280. The molecule has 0 N–H and O–H groups in total. The third kappa shape index (κ3) is 5.12. The Bertz CT molecular complexity index is 844. The van der Waals surface area contributed by atoms with E-state index in [2.05, 4.69) is 72.6 Å². The topological polar surface area (TPSA) is 48.0 Å². The van der Waals surface area contributed by atoms with Gasteiger partial charge in [0.05, 0.1) is 12.5 Å². The van der Waals surface area contributed by atoms with Crippen LogP contribution in [0.4, 0.5) is 0 Å². The minimum absolute atomic E-state index is 0.00427. The van der Waals surface area contributed by atoms with Crippen LogP contribution in [0.15, 0.2) is 42.5 Å². The molecule has 0 aromatic heterocycles. The molecule has 32 heavy (non-hydrogen) atoms. The van der Waals surface area contributed by atoms with Crippen molar-refractivity contribution in [2.75, 3.05) is 0 Å². The maximum absolute atomic E-state index is 12.8. The van der Waals surface area contributed by atoms with Gasteiger partial charge in [-0.15, -0.1) is 0 Å². The minimum Gasteiger partial charge on any atom is -0.411 e. The van der Waals surface area contributed by atoms with Gasteiger partial charge in [0.15, 0.2) is 16.6 Å². The average molecular weight is 476 g/mol. The largest absolute Gasteiger partial charge is 0.411 e. The van der Waals surface area contributed by atoms with Gasteiger partial charge in [-0.25, -0.2) is 5.06 Å². The molecule has 3 rings (SSSR count). The van der Waals surface area contributed by atoms with Crippen LogP contribution in [-0.2, 0) is 25.1 Å². The predicted octanol–water partition coefficient (Wildman–Crippen LogP) is 5.91. The molecule has 1 aromatic carbocycles. The molecule has 2 aliphatic rings. The van der Waals surface area contributed by atoms with Crippen molar-refractivity contribution in [2.45, 2.75) is 96.2 Å². The third-order valence-electron chi connectivity index (χ3n) is 6.96. The fourth-order valence-electron chi connectivity index (χ4n) is 4.09. The van der Waals surface area contributed by atoms with Gasteiger partial charge in [-0.1, -0.05) is 70.2 Å². The van der Waals surface area contributed by atoms with E-state index >= 15 is 0 Å². The van der Waals surface area contributed by atoms with Crippen molar-refractivity contribution in [2.24, 2.45) is 5.92 Å². The molecule has 4 atom stereocenters. The first-order chi connectivity index (χ1) is 14.7. The number of benzene rings is 1. The normalized spacial score (nSPS) is 28.8. The Morgan fingerprint density at radius 3 is 2.22 bits per heavy atom. The maximum Gasteiger partial charge on any atom is 0.249 e. The van der Waals surface area contributed by atoms with Gasteiger partial charge in [0.1, 0.15) is 18.2 Å². The van der Waals surface area contributed by atoms with E-state index in [0.717, 1.165) is 5.56 Å². The summed E-state index contributed by atoms with van der Waals surface area (Å²) < 4.78 is 13.8. The van der Waals surface area contributed by atoms with Crippen molar-refractivity contribution in [3.8, 4) is 0 Å². The van der Waals surface area contributed by atoms with Crippen LogP contribution in [0.3, 0.4) is 0 Å². The molecule has 1 spiro atoms. The zero-order valence-corrected chi connectivity index (χ0v) is 23.3. The molecule has 1 aromatic rings. The number of nitrogens with zero attached hydrogens (tertiary/aromatic N) is 1. The van der Waals surface area contributed by atoms with Crippen LogP contribution in [0.5, 0.6) is 0 Å². The third-order valence-corrected chi connectivity index (χ3v) is 12.4. The van der Waals surface area contributed by atoms with Gasteiger partial charge in [0.2, 0.25) is 5.91 Å². The van der Waals surface area contributed by atoms with Gasteiger partial charge in [0.25, 0.3) is 0 Å². The molecule has 1 unspecified atom stereocenters.